The van der Waals surface area contributed by atoms with E-state index in [9.17, 15) is 14.5 Å². The van der Waals surface area contributed by atoms with Crippen molar-refractivity contribution in [3.8, 4) is 22.8 Å². The van der Waals surface area contributed by atoms with Crippen molar-refractivity contribution in [1.82, 2.24) is 29.5 Å². The number of likely N-dealkylation sites (N-methyl/N-ethyl adjacent to an activating group) is 1. The number of piperazine rings is 1. The molecule has 0 bridgehead atoms. The van der Waals surface area contributed by atoms with Crippen LogP contribution < -0.4 is 15.0 Å². The van der Waals surface area contributed by atoms with Crippen molar-refractivity contribution in [2.75, 3.05) is 69.9 Å². The quantitative estimate of drug-likeness (QED) is 0.151. The van der Waals surface area contributed by atoms with Gasteiger partial charge < -0.3 is 19.9 Å². The van der Waals surface area contributed by atoms with Crippen molar-refractivity contribution in [3.63, 3.8) is 0 Å². The normalized spacial score (nSPS) is 16.6. The van der Waals surface area contributed by atoms with Crippen LogP contribution in [-0.2, 0) is 0 Å². The molecule has 4 aromatic rings. The first kappa shape index (κ1) is 30.7. The van der Waals surface area contributed by atoms with Gasteiger partial charge in [0.05, 0.1) is 23.4 Å². The zero-order valence-electron chi connectivity index (χ0n) is 25.5. The first-order valence-electron chi connectivity index (χ1n) is 14.9. The van der Waals surface area contributed by atoms with Gasteiger partial charge in [0, 0.05) is 75.3 Å². The van der Waals surface area contributed by atoms with E-state index in [1.54, 1.807) is 37.6 Å². The van der Waals surface area contributed by atoms with Gasteiger partial charge in [-0.25, -0.2) is 9.37 Å². The van der Waals surface area contributed by atoms with Crippen molar-refractivity contribution in [2.45, 2.75) is 24.0 Å². The number of pyridine rings is 1. The molecule has 2 aromatic heterocycles. The predicted molar refractivity (Wildman–Crippen MR) is 174 cm³/mol. The van der Waals surface area contributed by atoms with Crippen LogP contribution in [0.4, 0.5) is 27.3 Å². The molecular weight excluding hydrogens is 597 g/mol. The number of thioether (sulfide) groups is 1. The fraction of sp³-hybridized carbons (Fsp3) is 0.387. The van der Waals surface area contributed by atoms with Crippen LogP contribution in [0.5, 0.6) is 5.75 Å². The number of nitro benzene ring substituents is 1. The molecule has 0 spiro atoms. The number of aromatic nitrogens is 4. The van der Waals surface area contributed by atoms with Gasteiger partial charge in [-0.3, -0.25) is 19.6 Å². The zero-order chi connectivity index (χ0) is 31.5. The van der Waals surface area contributed by atoms with Gasteiger partial charge >= 0.3 is 0 Å². The first-order chi connectivity index (χ1) is 21.8. The molecule has 0 radical (unpaired) electrons. The van der Waals surface area contributed by atoms with Crippen molar-refractivity contribution >= 4 is 34.6 Å². The summed E-state index contributed by atoms with van der Waals surface area (Å²) in [6, 6.07) is 13.5. The number of anilines is 3. The summed E-state index contributed by atoms with van der Waals surface area (Å²) >= 11 is 1.42. The lowest BCUT2D eigenvalue weighted by Crippen LogP contribution is -2.52. The van der Waals surface area contributed by atoms with Crippen LogP contribution in [0, 0.1) is 15.9 Å². The van der Waals surface area contributed by atoms with Crippen LogP contribution in [0.3, 0.4) is 0 Å². The third kappa shape index (κ3) is 6.58. The van der Waals surface area contributed by atoms with Gasteiger partial charge in [-0.05, 0) is 56.5 Å². The standard InChI is InChI=1S/C31H36FN9O3S/c1-37-14-16-38(17-15-37)23-9-12-39(13-10-23)26-20-28(44-2)25(19-27(26)41(42)43)34-29-18-24(8-11-33-29)40-30(35-36-31(40)45-3)21-4-6-22(32)7-5-21/h4-8,11,18-20,23H,9-10,12-17H2,1-3H3,(H,33,34). The molecule has 2 fully saturated rings. The maximum atomic E-state index is 13.6. The lowest BCUT2D eigenvalue weighted by atomic mass is 10.0. The number of ether oxygens (including phenoxy) is 1. The van der Waals surface area contributed by atoms with Gasteiger partial charge in [0.1, 0.15) is 23.1 Å². The number of methoxy groups -OCH3 is 1. The molecule has 0 saturated carbocycles. The fourth-order valence-electron chi connectivity index (χ4n) is 6.07. The minimum Gasteiger partial charge on any atom is -0.494 e. The molecule has 6 rings (SSSR count). The average molecular weight is 634 g/mol. The third-order valence-corrected chi connectivity index (χ3v) is 9.16. The summed E-state index contributed by atoms with van der Waals surface area (Å²) in [6.45, 7) is 5.75. The Morgan fingerprint density at radius 2 is 1.76 bits per heavy atom. The molecular formula is C31H36FN9O3S. The van der Waals surface area contributed by atoms with Gasteiger partial charge in [-0.2, -0.15) is 0 Å². The molecule has 2 saturated heterocycles. The molecule has 2 aliphatic heterocycles. The monoisotopic (exact) mass is 633 g/mol. The zero-order valence-corrected chi connectivity index (χ0v) is 26.3. The van der Waals surface area contributed by atoms with Gasteiger partial charge in [0.25, 0.3) is 5.69 Å². The molecule has 45 heavy (non-hydrogen) atoms. The Hall–Kier alpha value is -4.27. The highest BCUT2D eigenvalue weighted by atomic mass is 32.2. The molecule has 14 heteroatoms. The number of benzene rings is 2. The van der Waals surface area contributed by atoms with E-state index in [4.69, 9.17) is 4.74 Å². The smallest absolute Gasteiger partial charge is 0.294 e. The lowest BCUT2D eigenvalue weighted by Gasteiger charge is -2.42. The number of rotatable bonds is 9. The van der Waals surface area contributed by atoms with E-state index in [1.165, 1.54) is 30.0 Å². The molecule has 1 N–H and O–H groups in total. The Bertz CT molecular complexity index is 1650. The summed E-state index contributed by atoms with van der Waals surface area (Å²) in [5, 5.41) is 24.8. The molecule has 12 nitrogen and oxygen atoms in total. The summed E-state index contributed by atoms with van der Waals surface area (Å²) in [5.74, 6) is 1.14. The Morgan fingerprint density at radius 3 is 2.42 bits per heavy atom. The van der Waals surface area contributed by atoms with Gasteiger partial charge in [-0.15, -0.1) is 10.2 Å². The summed E-state index contributed by atoms with van der Waals surface area (Å²) in [7, 11) is 3.71. The Labute approximate surface area is 265 Å². The van der Waals surface area contributed by atoms with E-state index >= 15 is 0 Å². The minimum atomic E-state index is -0.340. The Morgan fingerprint density at radius 1 is 1.02 bits per heavy atom. The van der Waals surface area contributed by atoms with Crippen molar-refractivity contribution in [1.29, 1.82) is 0 Å². The highest BCUT2D eigenvalue weighted by Crippen LogP contribution is 2.41. The number of nitro groups is 1. The van der Waals surface area contributed by atoms with Gasteiger partial charge in [-0.1, -0.05) is 11.8 Å². The number of hydrogen-bond acceptors (Lipinski definition) is 11. The van der Waals surface area contributed by atoms with E-state index < -0.39 is 0 Å². The van der Waals surface area contributed by atoms with Crippen molar-refractivity contribution in [3.05, 3.63) is 70.7 Å². The molecule has 0 unspecified atom stereocenters. The molecule has 2 aliphatic rings. The molecule has 4 heterocycles. The SMILES string of the molecule is COc1cc(N2CCC(N3CCN(C)CC3)CC2)c([N+](=O)[O-])cc1Nc1cc(-n2c(SC)nnc2-c2ccc(F)cc2)ccn1. The molecule has 0 aliphatic carbocycles. The lowest BCUT2D eigenvalue weighted by molar-refractivity contribution is -0.384. The van der Waals surface area contributed by atoms with Gasteiger partial charge in [0.2, 0.25) is 0 Å². The maximum Gasteiger partial charge on any atom is 0.294 e. The molecule has 0 atom stereocenters. The number of piperidine rings is 1. The minimum absolute atomic E-state index is 0.00887. The second-order valence-corrected chi connectivity index (χ2v) is 12.0. The van der Waals surface area contributed by atoms with Crippen LogP contribution in [0.2, 0.25) is 0 Å². The van der Waals surface area contributed by atoms with Crippen LogP contribution in [0.1, 0.15) is 12.8 Å². The number of hydrogen-bond donors (Lipinski definition) is 1. The van der Waals surface area contributed by atoms with Crippen molar-refractivity contribution < 1.29 is 14.1 Å². The summed E-state index contributed by atoms with van der Waals surface area (Å²) in [5.41, 5.74) is 2.41. The van der Waals surface area contributed by atoms with E-state index in [1.807, 2.05) is 16.9 Å². The summed E-state index contributed by atoms with van der Waals surface area (Å²) in [4.78, 5) is 23.5. The van der Waals surface area contributed by atoms with Crippen LogP contribution in [0.15, 0.2) is 59.9 Å². The Kier molecular flexibility index (Phi) is 9.14. The second kappa shape index (κ2) is 13.4. The van der Waals surface area contributed by atoms with Crippen LogP contribution >= 0.6 is 11.8 Å². The maximum absolute atomic E-state index is 13.6. The summed E-state index contributed by atoms with van der Waals surface area (Å²) < 4.78 is 21.2. The van der Waals surface area contributed by atoms with E-state index in [0.29, 0.717) is 45.5 Å². The van der Waals surface area contributed by atoms with Crippen molar-refractivity contribution in [2.24, 2.45) is 0 Å². The molecule has 0 amide bonds. The van der Waals surface area contributed by atoms with Crippen LogP contribution in [-0.4, -0.2) is 100 Å². The highest BCUT2D eigenvalue weighted by molar-refractivity contribution is 7.98. The van der Waals surface area contributed by atoms with E-state index in [-0.39, 0.29) is 16.4 Å². The predicted octanol–water partition coefficient (Wildman–Crippen LogP) is 5.07. The topological polar surface area (TPSA) is 118 Å². The van der Waals surface area contributed by atoms with Crippen LogP contribution in [0.25, 0.3) is 17.1 Å². The second-order valence-electron chi connectivity index (χ2n) is 11.2. The highest BCUT2D eigenvalue weighted by Gasteiger charge is 2.30. The Balaban J connectivity index is 1.26. The average Bonchev–Trinajstić information content (AvgIpc) is 3.50. The molecule has 2 aromatic carbocycles. The first-order valence-corrected chi connectivity index (χ1v) is 16.1. The number of nitrogens with one attached hydrogen (secondary N) is 1. The van der Waals surface area contributed by atoms with E-state index in [0.717, 1.165) is 57.8 Å². The number of nitrogens with zero attached hydrogens (tertiary/aromatic N) is 8. The molecule has 236 valence electrons. The third-order valence-electron chi connectivity index (χ3n) is 8.54. The summed E-state index contributed by atoms with van der Waals surface area (Å²) in [6.07, 6.45) is 5.45. The fourth-order valence-corrected chi connectivity index (χ4v) is 6.57. The van der Waals surface area contributed by atoms with Gasteiger partial charge in [0.15, 0.2) is 11.0 Å². The van der Waals surface area contributed by atoms with E-state index in [2.05, 4.69) is 42.2 Å². The number of halogens is 1. The largest absolute Gasteiger partial charge is 0.494 e.